The Labute approximate surface area is 151 Å². The van der Waals surface area contributed by atoms with Gasteiger partial charge in [-0.15, -0.1) is 11.8 Å². The summed E-state index contributed by atoms with van der Waals surface area (Å²) in [6.45, 7) is 4.42. The number of hydrogen-bond donors (Lipinski definition) is 1. The van der Waals surface area contributed by atoms with E-state index < -0.39 is 0 Å². The molecule has 1 heterocycles. The molecule has 2 aromatic carbocycles. The number of carbonyl (C=O) groups is 1. The second kappa shape index (κ2) is 7.98. The molecule has 0 saturated carbocycles. The number of benzene rings is 2. The zero-order valence-corrected chi connectivity index (χ0v) is 15.0. The van der Waals surface area contributed by atoms with Crippen molar-refractivity contribution < 1.29 is 4.79 Å². The van der Waals surface area contributed by atoms with Gasteiger partial charge in [0.25, 0.3) is 0 Å². The molecular formula is C19H20N4OS. The van der Waals surface area contributed by atoms with Crippen molar-refractivity contribution in [1.29, 1.82) is 0 Å². The summed E-state index contributed by atoms with van der Waals surface area (Å²) in [5, 5.41) is 7.01. The van der Waals surface area contributed by atoms with Crippen LogP contribution in [0.3, 0.4) is 0 Å². The van der Waals surface area contributed by atoms with Crippen molar-refractivity contribution >= 4 is 17.7 Å². The van der Waals surface area contributed by atoms with E-state index in [-0.39, 0.29) is 11.2 Å². The van der Waals surface area contributed by atoms with Gasteiger partial charge in [-0.25, -0.2) is 9.67 Å². The number of aryl methyl sites for hydroxylation is 1. The number of para-hydroxylation sites is 1. The van der Waals surface area contributed by atoms with Crippen LogP contribution in [-0.4, -0.2) is 25.9 Å². The van der Waals surface area contributed by atoms with Gasteiger partial charge in [0, 0.05) is 11.4 Å². The van der Waals surface area contributed by atoms with E-state index in [0.717, 1.165) is 16.1 Å². The average Bonchev–Trinajstić information content (AvgIpc) is 3.16. The molecule has 25 heavy (non-hydrogen) atoms. The molecule has 128 valence electrons. The molecule has 0 aliphatic carbocycles. The minimum Gasteiger partial charge on any atom is -0.351 e. The van der Waals surface area contributed by atoms with Gasteiger partial charge in [-0.2, -0.15) is 5.10 Å². The predicted molar refractivity (Wildman–Crippen MR) is 99.7 cm³/mol. The average molecular weight is 352 g/mol. The Balaban J connectivity index is 1.62. The van der Waals surface area contributed by atoms with Crippen molar-refractivity contribution in [3.8, 4) is 5.69 Å². The third-order valence-electron chi connectivity index (χ3n) is 3.81. The van der Waals surface area contributed by atoms with Crippen molar-refractivity contribution in [2.45, 2.75) is 30.5 Å². The molecular weight excluding hydrogens is 332 g/mol. The Kier molecular flexibility index (Phi) is 5.50. The number of rotatable bonds is 6. The van der Waals surface area contributed by atoms with Crippen molar-refractivity contribution in [2.24, 2.45) is 0 Å². The summed E-state index contributed by atoms with van der Waals surface area (Å²) in [5.74, 6) is 0.0129. The lowest BCUT2D eigenvalue weighted by Crippen LogP contribution is -2.30. The highest BCUT2D eigenvalue weighted by Crippen LogP contribution is 2.23. The molecule has 0 fully saturated rings. The maximum atomic E-state index is 12.4. The SMILES string of the molecule is Cc1ccc(SC(C)C(=O)NCc2ccccc2-n2cncn2)cc1. The van der Waals surface area contributed by atoms with E-state index in [4.69, 9.17) is 0 Å². The first-order valence-corrected chi connectivity index (χ1v) is 8.95. The largest absolute Gasteiger partial charge is 0.351 e. The molecule has 1 aromatic heterocycles. The lowest BCUT2D eigenvalue weighted by molar-refractivity contribution is -0.120. The van der Waals surface area contributed by atoms with Crippen LogP contribution in [0.25, 0.3) is 5.69 Å². The molecule has 0 spiro atoms. The maximum absolute atomic E-state index is 12.4. The molecule has 0 aliphatic rings. The number of nitrogens with one attached hydrogen (secondary N) is 1. The monoisotopic (exact) mass is 352 g/mol. The van der Waals surface area contributed by atoms with Crippen molar-refractivity contribution in [1.82, 2.24) is 20.1 Å². The number of amides is 1. The van der Waals surface area contributed by atoms with Gasteiger partial charge in [0.15, 0.2) is 0 Å². The van der Waals surface area contributed by atoms with Crippen LogP contribution in [0.15, 0.2) is 66.1 Å². The normalized spacial score (nSPS) is 11.9. The third-order valence-corrected chi connectivity index (χ3v) is 4.93. The van der Waals surface area contributed by atoms with Gasteiger partial charge in [-0.3, -0.25) is 4.79 Å². The van der Waals surface area contributed by atoms with E-state index in [1.807, 2.05) is 43.3 Å². The lowest BCUT2D eigenvalue weighted by Gasteiger charge is -2.14. The predicted octanol–water partition coefficient (Wildman–Crippen LogP) is 3.37. The maximum Gasteiger partial charge on any atom is 0.233 e. The first kappa shape index (κ1) is 17.2. The zero-order chi connectivity index (χ0) is 17.6. The summed E-state index contributed by atoms with van der Waals surface area (Å²) in [4.78, 5) is 17.5. The lowest BCUT2D eigenvalue weighted by atomic mass is 10.2. The highest BCUT2D eigenvalue weighted by molar-refractivity contribution is 8.00. The number of hydrogen-bond acceptors (Lipinski definition) is 4. The minimum absolute atomic E-state index is 0.0129. The summed E-state index contributed by atoms with van der Waals surface area (Å²) in [6, 6.07) is 16.0. The van der Waals surface area contributed by atoms with E-state index in [2.05, 4.69) is 34.5 Å². The first-order valence-electron chi connectivity index (χ1n) is 8.07. The Hall–Kier alpha value is -2.60. The molecule has 1 amide bonds. The van der Waals surface area contributed by atoms with Crippen LogP contribution in [0, 0.1) is 6.92 Å². The van der Waals surface area contributed by atoms with Gasteiger partial charge in [0.05, 0.1) is 10.9 Å². The molecule has 3 rings (SSSR count). The third kappa shape index (κ3) is 4.48. The molecule has 0 radical (unpaired) electrons. The molecule has 1 N–H and O–H groups in total. The van der Waals surface area contributed by atoms with E-state index in [1.54, 1.807) is 22.8 Å². The van der Waals surface area contributed by atoms with Crippen LogP contribution in [0.4, 0.5) is 0 Å². The summed E-state index contributed by atoms with van der Waals surface area (Å²) >= 11 is 1.56. The van der Waals surface area contributed by atoms with Gasteiger partial charge in [0.1, 0.15) is 12.7 Å². The van der Waals surface area contributed by atoms with E-state index >= 15 is 0 Å². The Morgan fingerprint density at radius 1 is 1.20 bits per heavy atom. The molecule has 6 heteroatoms. The van der Waals surface area contributed by atoms with Crippen LogP contribution in [0.1, 0.15) is 18.1 Å². The summed E-state index contributed by atoms with van der Waals surface area (Å²) < 4.78 is 1.70. The summed E-state index contributed by atoms with van der Waals surface area (Å²) in [6.07, 6.45) is 3.15. The molecule has 0 aliphatic heterocycles. The summed E-state index contributed by atoms with van der Waals surface area (Å²) in [5.41, 5.74) is 3.12. The highest BCUT2D eigenvalue weighted by Gasteiger charge is 2.15. The Bertz CT molecular complexity index is 831. The minimum atomic E-state index is -0.166. The standard InChI is InChI=1S/C19H20N4OS/c1-14-7-9-17(10-8-14)25-15(2)19(24)21-11-16-5-3-4-6-18(16)23-13-20-12-22-23/h3-10,12-13,15H,11H2,1-2H3,(H,21,24). The van der Waals surface area contributed by atoms with Crippen LogP contribution >= 0.6 is 11.8 Å². The first-order chi connectivity index (χ1) is 12.1. The number of thioether (sulfide) groups is 1. The molecule has 5 nitrogen and oxygen atoms in total. The van der Waals surface area contributed by atoms with E-state index in [0.29, 0.717) is 6.54 Å². The molecule has 0 saturated heterocycles. The molecule has 1 atom stereocenters. The van der Waals surface area contributed by atoms with Crippen molar-refractivity contribution in [3.63, 3.8) is 0 Å². The summed E-state index contributed by atoms with van der Waals surface area (Å²) in [7, 11) is 0. The fraction of sp³-hybridized carbons (Fsp3) is 0.211. The fourth-order valence-corrected chi connectivity index (χ4v) is 3.31. The zero-order valence-electron chi connectivity index (χ0n) is 14.2. The number of aromatic nitrogens is 3. The van der Waals surface area contributed by atoms with Crippen LogP contribution in [0.2, 0.25) is 0 Å². The topological polar surface area (TPSA) is 59.8 Å². The van der Waals surface area contributed by atoms with E-state index in [1.165, 1.54) is 11.9 Å². The van der Waals surface area contributed by atoms with Crippen LogP contribution in [0.5, 0.6) is 0 Å². The molecule has 1 unspecified atom stereocenters. The van der Waals surface area contributed by atoms with Crippen LogP contribution < -0.4 is 5.32 Å². The van der Waals surface area contributed by atoms with E-state index in [9.17, 15) is 4.79 Å². The molecule has 0 bridgehead atoms. The fourth-order valence-electron chi connectivity index (χ4n) is 2.42. The number of carbonyl (C=O) groups excluding carboxylic acids is 1. The molecule has 3 aromatic rings. The second-order valence-electron chi connectivity index (χ2n) is 5.76. The van der Waals surface area contributed by atoms with Crippen molar-refractivity contribution in [3.05, 3.63) is 72.3 Å². The quantitative estimate of drug-likeness (QED) is 0.691. The smallest absolute Gasteiger partial charge is 0.233 e. The van der Waals surface area contributed by atoms with Gasteiger partial charge >= 0.3 is 0 Å². The van der Waals surface area contributed by atoms with Gasteiger partial charge in [-0.05, 0) is 37.6 Å². The Morgan fingerprint density at radius 2 is 1.96 bits per heavy atom. The van der Waals surface area contributed by atoms with Crippen LogP contribution in [-0.2, 0) is 11.3 Å². The number of nitrogens with zero attached hydrogens (tertiary/aromatic N) is 3. The van der Waals surface area contributed by atoms with Gasteiger partial charge < -0.3 is 5.32 Å². The Morgan fingerprint density at radius 3 is 2.68 bits per heavy atom. The highest BCUT2D eigenvalue weighted by atomic mass is 32.2. The van der Waals surface area contributed by atoms with Gasteiger partial charge in [0.2, 0.25) is 5.91 Å². The van der Waals surface area contributed by atoms with Gasteiger partial charge in [-0.1, -0.05) is 35.9 Å². The van der Waals surface area contributed by atoms with Crippen molar-refractivity contribution in [2.75, 3.05) is 0 Å². The second-order valence-corrected chi connectivity index (χ2v) is 7.17.